The van der Waals surface area contributed by atoms with Crippen molar-refractivity contribution in [3.8, 4) is 0 Å². The van der Waals surface area contributed by atoms with Crippen LogP contribution in [0.5, 0.6) is 0 Å². The second-order valence-electron chi connectivity index (χ2n) is 5.99. The number of carbonyl (C=O) groups is 2. The topological polar surface area (TPSA) is 55.8 Å². The van der Waals surface area contributed by atoms with E-state index in [-0.39, 0.29) is 12.5 Å². The predicted molar refractivity (Wildman–Crippen MR) is 98.9 cm³/mol. The maximum absolute atomic E-state index is 12.9. The van der Waals surface area contributed by atoms with Crippen LogP contribution in [0.4, 0.5) is 5.69 Å². The van der Waals surface area contributed by atoms with E-state index in [0.29, 0.717) is 6.61 Å². The third kappa shape index (κ3) is 3.82. The SMILES string of the molecule is CCOCC(=O)N(c1c(C)c(C)cc2ccccc12)[C@@H](C)C(=O)OC. The molecule has 134 valence electrons. The summed E-state index contributed by atoms with van der Waals surface area (Å²) in [4.78, 5) is 26.6. The number of amides is 1. The van der Waals surface area contributed by atoms with Gasteiger partial charge in [0, 0.05) is 12.0 Å². The molecule has 0 aliphatic rings. The molecule has 0 aromatic heterocycles. The van der Waals surface area contributed by atoms with Crippen molar-refractivity contribution < 1.29 is 19.1 Å². The first-order valence-electron chi connectivity index (χ1n) is 8.38. The Balaban J connectivity index is 2.68. The minimum absolute atomic E-state index is 0.0838. The van der Waals surface area contributed by atoms with Crippen molar-refractivity contribution in [2.45, 2.75) is 33.7 Å². The Bertz CT molecular complexity index is 785. The van der Waals surface area contributed by atoms with Gasteiger partial charge in [0.15, 0.2) is 0 Å². The van der Waals surface area contributed by atoms with Gasteiger partial charge in [-0.1, -0.05) is 30.3 Å². The van der Waals surface area contributed by atoms with Crippen LogP contribution in [0, 0.1) is 13.8 Å². The molecule has 1 amide bonds. The summed E-state index contributed by atoms with van der Waals surface area (Å²) in [6.45, 7) is 7.81. The van der Waals surface area contributed by atoms with Crippen molar-refractivity contribution >= 4 is 28.3 Å². The van der Waals surface area contributed by atoms with Crippen LogP contribution in [0.3, 0.4) is 0 Å². The van der Waals surface area contributed by atoms with Gasteiger partial charge in [0.05, 0.1) is 12.8 Å². The van der Waals surface area contributed by atoms with Crippen molar-refractivity contribution in [3.63, 3.8) is 0 Å². The van der Waals surface area contributed by atoms with Crippen molar-refractivity contribution in [1.29, 1.82) is 0 Å². The van der Waals surface area contributed by atoms with E-state index in [1.54, 1.807) is 6.92 Å². The molecule has 1 atom stereocenters. The molecular formula is C20H25NO4. The summed E-state index contributed by atoms with van der Waals surface area (Å²) in [6, 6.07) is 9.18. The third-order valence-electron chi connectivity index (χ3n) is 4.40. The monoisotopic (exact) mass is 343 g/mol. The molecule has 0 N–H and O–H groups in total. The number of ether oxygens (including phenoxy) is 2. The summed E-state index contributed by atoms with van der Waals surface area (Å²) < 4.78 is 10.2. The van der Waals surface area contributed by atoms with Crippen molar-refractivity contribution in [1.82, 2.24) is 0 Å². The quantitative estimate of drug-likeness (QED) is 0.755. The Labute approximate surface area is 148 Å². The zero-order valence-corrected chi connectivity index (χ0v) is 15.5. The predicted octanol–water partition coefficient (Wildman–Crippen LogP) is 3.39. The molecule has 0 saturated carbocycles. The molecule has 0 aliphatic heterocycles. The van der Waals surface area contributed by atoms with Crippen molar-refractivity contribution in [3.05, 3.63) is 41.5 Å². The van der Waals surface area contributed by atoms with E-state index in [4.69, 9.17) is 9.47 Å². The fourth-order valence-corrected chi connectivity index (χ4v) is 2.95. The number of methoxy groups -OCH3 is 1. The van der Waals surface area contributed by atoms with Crippen LogP contribution in [0.2, 0.25) is 0 Å². The maximum atomic E-state index is 12.9. The van der Waals surface area contributed by atoms with Crippen LogP contribution < -0.4 is 4.90 Å². The van der Waals surface area contributed by atoms with Gasteiger partial charge in [-0.3, -0.25) is 9.69 Å². The molecule has 0 fully saturated rings. The number of hydrogen-bond acceptors (Lipinski definition) is 4. The van der Waals surface area contributed by atoms with Crippen LogP contribution in [0.15, 0.2) is 30.3 Å². The normalized spacial score (nSPS) is 12.0. The molecule has 2 rings (SSSR count). The van der Waals surface area contributed by atoms with E-state index in [1.807, 2.05) is 45.0 Å². The number of carbonyl (C=O) groups excluding carboxylic acids is 2. The molecule has 0 spiro atoms. The number of esters is 1. The summed E-state index contributed by atoms with van der Waals surface area (Å²) in [5, 5.41) is 1.94. The Kier molecular flexibility index (Phi) is 6.15. The molecule has 0 bridgehead atoms. The highest BCUT2D eigenvalue weighted by Crippen LogP contribution is 2.34. The van der Waals surface area contributed by atoms with Crippen LogP contribution >= 0.6 is 0 Å². The molecule has 0 radical (unpaired) electrons. The van der Waals surface area contributed by atoms with Gasteiger partial charge in [0.1, 0.15) is 12.6 Å². The zero-order valence-electron chi connectivity index (χ0n) is 15.5. The lowest BCUT2D eigenvalue weighted by Gasteiger charge is -2.30. The highest BCUT2D eigenvalue weighted by atomic mass is 16.5. The van der Waals surface area contributed by atoms with E-state index < -0.39 is 12.0 Å². The van der Waals surface area contributed by atoms with Crippen LogP contribution in [0.1, 0.15) is 25.0 Å². The van der Waals surface area contributed by atoms with E-state index in [1.165, 1.54) is 12.0 Å². The average Bonchev–Trinajstić information content (AvgIpc) is 2.62. The number of aryl methyl sites for hydroxylation is 1. The molecule has 2 aromatic rings. The first kappa shape index (κ1) is 18.9. The summed E-state index contributed by atoms with van der Waals surface area (Å²) in [5.74, 6) is -0.728. The van der Waals surface area contributed by atoms with Gasteiger partial charge in [0.2, 0.25) is 0 Å². The summed E-state index contributed by atoms with van der Waals surface area (Å²) in [6.07, 6.45) is 0. The highest BCUT2D eigenvalue weighted by Gasteiger charge is 2.30. The van der Waals surface area contributed by atoms with Gasteiger partial charge in [-0.15, -0.1) is 0 Å². The number of hydrogen-bond donors (Lipinski definition) is 0. The number of nitrogens with zero attached hydrogens (tertiary/aromatic N) is 1. The van der Waals surface area contributed by atoms with Crippen LogP contribution in [-0.4, -0.2) is 38.2 Å². The molecule has 25 heavy (non-hydrogen) atoms. The fourth-order valence-electron chi connectivity index (χ4n) is 2.95. The lowest BCUT2D eigenvalue weighted by Crippen LogP contribution is -2.46. The Morgan fingerprint density at radius 3 is 2.52 bits per heavy atom. The fraction of sp³-hybridized carbons (Fsp3) is 0.400. The minimum atomic E-state index is -0.748. The first-order valence-corrected chi connectivity index (χ1v) is 8.38. The first-order chi connectivity index (χ1) is 11.9. The van der Waals surface area contributed by atoms with Crippen molar-refractivity contribution in [2.24, 2.45) is 0 Å². The average molecular weight is 343 g/mol. The number of anilines is 1. The van der Waals surface area contributed by atoms with E-state index in [0.717, 1.165) is 27.6 Å². The summed E-state index contributed by atoms with van der Waals surface area (Å²) in [7, 11) is 1.32. The van der Waals surface area contributed by atoms with E-state index in [2.05, 4.69) is 6.07 Å². The minimum Gasteiger partial charge on any atom is -0.467 e. The van der Waals surface area contributed by atoms with E-state index in [9.17, 15) is 9.59 Å². The maximum Gasteiger partial charge on any atom is 0.328 e. The largest absolute Gasteiger partial charge is 0.467 e. The van der Waals surface area contributed by atoms with Gasteiger partial charge in [0.25, 0.3) is 5.91 Å². The molecule has 0 unspecified atom stereocenters. The number of rotatable bonds is 6. The Morgan fingerprint density at radius 2 is 1.88 bits per heavy atom. The summed E-state index contributed by atoms with van der Waals surface area (Å²) in [5.41, 5.74) is 2.75. The Morgan fingerprint density at radius 1 is 1.20 bits per heavy atom. The van der Waals surface area contributed by atoms with Gasteiger partial charge in [-0.25, -0.2) is 4.79 Å². The van der Waals surface area contributed by atoms with Gasteiger partial charge in [-0.05, 0) is 44.2 Å². The van der Waals surface area contributed by atoms with Crippen LogP contribution in [0.25, 0.3) is 10.8 Å². The second-order valence-corrected chi connectivity index (χ2v) is 5.99. The van der Waals surface area contributed by atoms with Gasteiger partial charge < -0.3 is 9.47 Å². The zero-order chi connectivity index (χ0) is 18.6. The molecule has 0 aliphatic carbocycles. The molecule has 5 heteroatoms. The van der Waals surface area contributed by atoms with Crippen molar-refractivity contribution in [2.75, 3.05) is 25.2 Å². The molecular weight excluding hydrogens is 318 g/mol. The highest BCUT2D eigenvalue weighted by molar-refractivity contribution is 6.08. The lowest BCUT2D eigenvalue weighted by molar-refractivity contribution is -0.143. The Hall–Kier alpha value is -2.40. The lowest BCUT2D eigenvalue weighted by atomic mass is 9.98. The number of fused-ring (bicyclic) bond motifs is 1. The second kappa shape index (κ2) is 8.12. The van der Waals surface area contributed by atoms with Gasteiger partial charge in [-0.2, -0.15) is 0 Å². The van der Waals surface area contributed by atoms with Crippen LogP contribution in [-0.2, 0) is 19.1 Å². The standard InChI is InChI=1S/C20H25NO4/c1-6-25-12-18(22)21(15(4)20(23)24-5)19-14(3)13(2)11-16-9-7-8-10-17(16)19/h7-11,15H,6,12H2,1-5H3/t15-/m0/s1. The molecule has 5 nitrogen and oxygen atoms in total. The molecule has 2 aromatic carbocycles. The van der Waals surface area contributed by atoms with E-state index >= 15 is 0 Å². The molecule has 0 saturated heterocycles. The number of benzene rings is 2. The summed E-state index contributed by atoms with van der Waals surface area (Å²) >= 11 is 0. The third-order valence-corrected chi connectivity index (χ3v) is 4.40. The smallest absolute Gasteiger partial charge is 0.328 e. The van der Waals surface area contributed by atoms with Gasteiger partial charge >= 0.3 is 5.97 Å². The molecule has 0 heterocycles.